The van der Waals surface area contributed by atoms with Crippen LogP contribution >= 0.6 is 11.3 Å². The van der Waals surface area contributed by atoms with Gasteiger partial charge in [-0.05, 0) is 30.7 Å². The molecule has 1 unspecified atom stereocenters. The van der Waals surface area contributed by atoms with E-state index in [9.17, 15) is 14.4 Å². The van der Waals surface area contributed by atoms with Gasteiger partial charge in [0.05, 0.1) is 4.88 Å². The van der Waals surface area contributed by atoms with E-state index in [2.05, 4.69) is 5.32 Å². The number of carbonyl (C=O) groups is 3. The lowest BCUT2D eigenvalue weighted by Gasteiger charge is -2.28. The van der Waals surface area contributed by atoms with Gasteiger partial charge in [-0.3, -0.25) is 14.4 Å². The Kier molecular flexibility index (Phi) is 3.83. The van der Waals surface area contributed by atoms with Gasteiger partial charge in [-0.1, -0.05) is 6.07 Å². The molecule has 24 heavy (non-hydrogen) atoms. The molecule has 0 saturated carbocycles. The lowest BCUT2D eigenvalue weighted by molar-refractivity contribution is -0.134. The molecule has 4 rings (SSSR count). The minimum absolute atomic E-state index is 0.0347. The minimum atomic E-state index is -0.347. The van der Waals surface area contributed by atoms with E-state index in [1.807, 2.05) is 22.4 Å². The van der Waals surface area contributed by atoms with Crippen molar-refractivity contribution in [2.45, 2.75) is 31.7 Å². The SMILES string of the molecule is O=C1CC2(CCN(C(=O)[C@@H]3CCCN3C(=O)c3cccs3)C2)CN1. The van der Waals surface area contributed by atoms with Gasteiger partial charge in [0, 0.05) is 38.0 Å². The van der Waals surface area contributed by atoms with Crippen LogP contribution in [0.4, 0.5) is 0 Å². The smallest absolute Gasteiger partial charge is 0.264 e. The first-order valence-corrected chi connectivity index (χ1v) is 9.36. The van der Waals surface area contributed by atoms with Gasteiger partial charge in [-0.15, -0.1) is 11.3 Å². The minimum Gasteiger partial charge on any atom is -0.355 e. The summed E-state index contributed by atoms with van der Waals surface area (Å²) in [5.74, 6) is 0.0979. The summed E-state index contributed by atoms with van der Waals surface area (Å²) in [5.41, 5.74) is -0.0893. The Labute approximate surface area is 144 Å². The molecule has 128 valence electrons. The molecule has 0 radical (unpaired) electrons. The number of amides is 3. The van der Waals surface area contributed by atoms with Crippen molar-refractivity contribution >= 4 is 29.1 Å². The summed E-state index contributed by atoms with van der Waals surface area (Å²) in [6, 6.07) is 3.33. The molecule has 1 spiro atoms. The molecule has 3 saturated heterocycles. The molecule has 6 nitrogen and oxygen atoms in total. The van der Waals surface area contributed by atoms with Gasteiger partial charge in [0.2, 0.25) is 11.8 Å². The third-order valence-corrected chi connectivity index (χ3v) is 6.33. The van der Waals surface area contributed by atoms with Crippen molar-refractivity contribution in [3.05, 3.63) is 22.4 Å². The average Bonchev–Trinajstić information content (AvgIpc) is 3.35. The summed E-state index contributed by atoms with van der Waals surface area (Å²) < 4.78 is 0. The van der Waals surface area contributed by atoms with Crippen molar-refractivity contribution in [3.8, 4) is 0 Å². The van der Waals surface area contributed by atoms with Crippen molar-refractivity contribution in [3.63, 3.8) is 0 Å². The first kappa shape index (κ1) is 15.6. The Morgan fingerprint density at radius 2 is 2.21 bits per heavy atom. The number of carbonyl (C=O) groups excluding carboxylic acids is 3. The lowest BCUT2D eigenvalue weighted by Crippen LogP contribution is -2.47. The van der Waals surface area contributed by atoms with Crippen molar-refractivity contribution in [1.29, 1.82) is 0 Å². The van der Waals surface area contributed by atoms with E-state index in [-0.39, 0.29) is 29.2 Å². The van der Waals surface area contributed by atoms with Gasteiger partial charge in [0.1, 0.15) is 6.04 Å². The summed E-state index contributed by atoms with van der Waals surface area (Å²) in [7, 11) is 0. The van der Waals surface area contributed by atoms with Crippen LogP contribution < -0.4 is 5.32 Å². The van der Waals surface area contributed by atoms with E-state index in [1.165, 1.54) is 11.3 Å². The summed E-state index contributed by atoms with van der Waals surface area (Å²) in [6.45, 7) is 2.62. The Balaban J connectivity index is 1.46. The lowest BCUT2D eigenvalue weighted by atomic mass is 9.86. The molecule has 1 aromatic heterocycles. The molecule has 4 heterocycles. The molecule has 2 atom stereocenters. The quantitative estimate of drug-likeness (QED) is 0.871. The van der Waals surface area contributed by atoms with E-state index in [0.717, 1.165) is 19.3 Å². The third kappa shape index (κ3) is 2.60. The standard InChI is InChI=1S/C17H21N3O3S/c21-14-9-17(10-18-14)5-7-19(11-17)15(22)12-3-1-6-20(12)16(23)13-4-2-8-24-13/h2,4,8,12H,1,3,5-7,9-11H2,(H,18,21)/t12-,17?/m0/s1. The molecule has 1 aromatic rings. The number of rotatable bonds is 2. The first-order valence-electron chi connectivity index (χ1n) is 8.48. The predicted octanol–water partition coefficient (Wildman–Crippen LogP) is 1.09. The van der Waals surface area contributed by atoms with Crippen LogP contribution in [0.2, 0.25) is 0 Å². The second-order valence-electron chi connectivity index (χ2n) is 7.10. The van der Waals surface area contributed by atoms with Gasteiger partial charge in [0.25, 0.3) is 5.91 Å². The fourth-order valence-electron chi connectivity index (χ4n) is 4.18. The maximum Gasteiger partial charge on any atom is 0.264 e. The Morgan fingerprint density at radius 1 is 1.33 bits per heavy atom. The van der Waals surface area contributed by atoms with Gasteiger partial charge in [-0.25, -0.2) is 0 Å². The highest BCUT2D eigenvalue weighted by Gasteiger charge is 2.47. The zero-order chi connectivity index (χ0) is 16.7. The summed E-state index contributed by atoms with van der Waals surface area (Å²) in [5, 5.41) is 4.77. The van der Waals surface area contributed by atoms with Gasteiger partial charge >= 0.3 is 0 Å². The van der Waals surface area contributed by atoms with E-state index >= 15 is 0 Å². The van der Waals surface area contributed by atoms with E-state index in [1.54, 1.807) is 4.90 Å². The van der Waals surface area contributed by atoms with Crippen LogP contribution in [-0.2, 0) is 9.59 Å². The second kappa shape index (κ2) is 5.88. The number of nitrogens with one attached hydrogen (secondary N) is 1. The Hall–Kier alpha value is -1.89. The normalized spacial score (nSPS) is 29.5. The van der Waals surface area contributed by atoms with Gasteiger partial charge in [-0.2, -0.15) is 0 Å². The number of nitrogens with zero attached hydrogens (tertiary/aromatic N) is 2. The van der Waals surface area contributed by atoms with Crippen molar-refractivity contribution in [1.82, 2.24) is 15.1 Å². The van der Waals surface area contributed by atoms with Crippen LogP contribution in [0.15, 0.2) is 17.5 Å². The molecule has 1 N–H and O–H groups in total. The molecule has 0 aromatic carbocycles. The van der Waals surface area contributed by atoms with Crippen molar-refractivity contribution < 1.29 is 14.4 Å². The van der Waals surface area contributed by atoms with Crippen LogP contribution in [-0.4, -0.2) is 59.7 Å². The monoisotopic (exact) mass is 347 g/mol. The van der Waals surface area contributed by atoms with E-state index in [4.69, 9.17) is 0 Å². The summed E-state index contributed by atoms with van der Waals surface area (Å²) in [4.78, 5) is 41.5. The average molecular weight is 347 g/mol. The van der Waals surface area contributed by atoms with Crippen LogP contribution in [0.3, 0.4) is 0 Å². The number of hydrogen-bond donors (Lipinski definition) is 1. The number of hydrogen-bond acceptors (Lipinski definition) is 4. The molecule has 7 heteroatoms. The third-order valence-electron chi connectivity index (χ3n) is 5.48. The molecule has 3 amide bonds. The molecule has 3 aliphatic heterocycles. The van der Waals surface area contributed by atoms with Crippen LogP contribution in [0, 0.1) is 5.41 Å². The number of likely N-dealkylation sites (tertiary alicyclic amines) is 2. The fraction of sp³-hybridized carbons (Fsp3) is 0.588. The zero-order valence-electron chi connectivity index (χ0n) is 13.5. The molecule has 3 fully saturated rings. The second-order valence-corrected chi connectivity index (χ2v) is 8.04. The van der Waals surface area contributed by atoms with Crippen molar-refractivity contribution in [2.24, 2.45) is 5.41 Å². The highest BCUT2D eigenvalue weighted by molar-refractivity contribution is 7.12. The van der Waals surface area contributed by atoms with E-state index in [0.29, 0.717) is 37.5 Å². The number of thiophene rings is 1. The predicted molar refractivity (Wildman–Crippen MR) is 89.6 cm³/mol. The van der Waals surface area contributed by atoms with Crippen molar-refractivity contribution in [2.75, 3.05) is 26.2 Å². The molecule has 3 aliphatic rings. The van der Waals surface area contributed by atoms with Gasteiger partial charge < -0.3 is 15.1 Å². The van der Waals surface area contributed by atoms with Crippen LogP contribution in [0.5, 0.6) is 0 Å². The van der Waals surface area contributed by atoms with Crippen LogP contribution in [0.1, 0.15) is 35.4 Å². The highest BCUT2D eigenvalue weighted by Crippen LogP contribution is 2.37. The fourth-order valence-corrected chi connectivity index (χ4v) is 4.86. The Morgan fingerprint density at radius 3 is 2.92 bits per heavy atom. The molecule has 0 aliphatic carbocycles. The topological polar surface area (TPSA) is 69.7 Å². The maximum atomic E-state index is 13.0. The first-order chi connectivity index (χ1) is 11.6. The largest absolute Gasteiger partial charge is 0.355 e. The van der Waals surface area contributed by atoms with Crippen LogP contribution in [0.25, 0.3) is 0 Å². The maximum absolute atomic E-state index is 13.0. The van der Waals surface area contributed by atoms with E-state index < -0.39 is 0 Å². The van der Waals surface area contributed by atoms with Gasteiger partial charge in [0.15, 0.2) is 0 Å². The zero-order valence-corrected chi connectivity index (χ0v) is 14.3. The molecular formula is C17H21N3O3S. The summed E-state index contributed by atoms with van der Waals surface area (Å²) in [6.07, 6.45) is 2.98. The molecular weight excluding hydrogens is 326 g/mol. The Bertz CT molecular complexity index is 675. The summed E-state index contributed by atoms with van der Waals surface area (Å²) >= 11 is 1.42. The molecule has 0 bridgehead atoms. The highest BCUT2D eigenvalue weighted by atomic mass is 32.1.